The molecule has 1 aromatic carbocycles. The van der Waals surface area contributed by atoms with Crippen LogP contribution in [-0.2, 0) is 19.6 Å². The summed E-state index contributed by atoms with van der Waals surface area (Å²) in [6.45, 7) is 1.05. The van der Waals surface area contributed by atoms with Crippen LogP contribution in [0.1, 0.15) is 17.3 Å². The highest BCUT2D eigenvalue weighted by Gasteiger charge is 2.14. The molecule has 10 heteroatoms. The van der Waals surface area contributed by atoms with Gasteiger partial charge in [0.2, 0.25) is 10.0 Å². The number of ether oxygens (including phenoxy) is 1. The molecule has 2 N–H and O–H groups in total. The van der Waals surface area contributed by atoms with Crippen molar-refractivity contribution in [2.45, 2.75) is 17.9 Å². The molecule has 20 heavy (non-hydrogen) atoms. The topological polar surface area (TPSA) is 139 Å². The van der Waals surface area contributed by atoms with E-state index in [2.05, 4.69) is 4.84 Å². The Kier molecular flexibility index (Phi) is 5.00. The molecule has 9 nitrogen and oxygen atoms in total. The Hall–Kier alpha value is -2.20. The summed E-state index contributed by atoms with van der Waals surface area (Å²) in [7, 11) is -3.83. The Morgan fingerprint density at radius 1 is 1.40 bits per heavy atom. The van der Waals surface area contributed by atoms with Crippen LogP contribution in [0, 0.1) is 10.1 Å². The highest BCUT2D eigenvalue weighted by atomic mass is 32.2. The van der Waals surface area contributed by atoms with Gasteiger partial charge in [-0.2, -0.15) is 0 Å². The summed E-state index contributed by atoms with van der Waals surface area (Å²) in [5.41, 5.74) is 0.0886. The molecular formula is C10H12N2O7S. The van der Waals surface area contributed by atoms with Gasteiger partial charge in [-0.3, -0.25) is 0 Å². The van der Waals surface area contributed by atoms with Crippen LogP contribution >= 0.6 is 0 Å². The SMILES string of the molecule is CC(COC(=O)c1ccc(S(N)(=O)=O)cc1)O[N+](=O)[O-]. The van der Waals surface area contributed by atoms with Crippen LogP contribution in [0.15, 0.2) is 29.2 Å². The molecular weight excluding hydrogens is 292 g/mol. The lowest BCUT2D eigenvalue weighted by molar-refractivity contribution is -0.767. The van der Waals surface area contributed by atoms with E-state index in [1.807, 2.05) is 0 Å². The molecule has 110 valence electrons. The fraction of sp³-hybridized carbons (Fsp3) is 0.300. The number of carbonyl (C=O) groups is 1. The van der Waals surface area contributed by atoms with Crippen molar-refractivity contribution in [3.05, 3.63) is 39.9 Å². The second kappa shape index (κ2) is 6.30. The molecule has 0 spiro atoms. The third-order valence-corrected chi connectivity index (χ3v) is 3.06. The summed E-state index contributed by atoms with van der Waals surface area (Å²) in [6, 6.07) is 4.76. The Morgan fingerprint density at radius 2 is 1.95 bits per heavy atom. The minimum Gasteiger partial charge on any atom is -0.460 e. The summed E-state index contributed by atoms with van der Waals surface area (Å²) in [5, 5.41) is 13.9. The van der Waals surface area contributed by atoms with E-state index in [0.29, 0.717) is 0 Å². The molecule has 1 unspecified atom stereocenters. The van der Waals surface area contributed by atoms with E-state index < -0.39 is 27.2 Å². The average Bonchev–Trinajstić information content (AvgIpc) is 2.34. The molecule has 0 aliphatic heterocycles. The number of carbonyl (C=O) groups excluding carboxylic acids is 1. The molecule has 0 aromatic heterocycles. The lowest BCUT2D eigenvalue weighted by atomic mass is 10.2. The number of esters is 1. The first-order valence-corrected chi connectivity index (χ1v) is 6.86. The van der Waals surface area contributed by atoms with Crippen molar-refractivity contribution in [3.8, 4) is 0 Å². The van der Waals surface area contributed by atoms with Crippen LogP contribution in [0.2, 0.25) is 0 Å². The molecule has 1 aromatic rings. The molecule has 0 radical (unpaired) electrons. The van der Waals surface area contributed by atoms with E-state index in [-0.39, 0.29) is 17.1 Å². The van der Waals surface area contributed by atoms with Crippen molar-refractivity contribution < 1.29 is 27.9 Å². The van der Waals surface area contributed by atoms with E-state index in [0.717, 1.165) is 12.1 Å². The quantitative estimate of drug-likeness (QED) is 0.446. The molecule has 0 fully saturated rings. The van der Waals surface area contributed by atoms with E-state index in [9.17, 15) is 23.3 Å². The van der Waals surface area contributed by atoms with Crippen LogP contribution < -0.4 is 5.14 Å². The van der Waals surface area contributed by atoms with Crippen LogP contribution in [-0.4, -0.2) is 32.2 Å². The number of hydrogen-bond acceptors (Lipinski definition) is 7. The fourth-order valence-electron chi connectivity index (χ4n) is 1.23. The first-order valence-electron chi connectivity index (χ1n) is 5.31. The molecule has 0 saturated heterocycles. The molecule has 0 aliphatic carbocycles. The van der Waals surface area contributed by atoms with Crippen molar-refractivity contribution in [2.24, 2.45) is 5.14 Å². The van der Waals surface area contributed by atoms with Crippen LogP contribution in [0.4, 0.5) is 0 Å². The maximum absolute atomic E-state index is 11.6. The lowest BCUT2D eigenvalue weighted by Gasteiger charge is -2.10. The first kappa shape index (κ1) is 15.9. The zero-order chi connectivity index (χ0) is 15.3. The van der Waals surface area contributed by atoms with Crippen molar-refractivity contribution in [1.29, 1.82) is 0 Å². The number of hydrogen-bond donors (Lipinski definition) is 1. The largest absolute Gasteiger partial charge is 0.460 e. The third kappa shape index (κ3) is 4.82. The predicted molar refractivity (Wildman–Crippen MR) is 65.6 cm³/mol. The third-order valence-electron chi connectivity index (χ3n) is 2.13. The van der Waals surface area contributed by atoms with Gasteiger partial charge in [0.05, 0.1) is 10.5 Å². The van der Waals surface area contributed by atoms with Crippen LogP contribution in [0.3, 0.4) is 0 Å². The molecule has 0 bridgehead atoms. The zero-order valence-electron chi connectivity index (χ0n) is 10.4. The number of nitrogens with two attached hydrogens (primary N) is 1. The van der Waals surface area contributed by atoms with Crippen molar-refractivity contribution in [2.75, 3.05) is 6.61 Å². The number of sulfonamides is 1. The standard InChI is InChI=1S/C10H12N2O7S/c1-7(19-12(14)15)6-18-10(13)8-2-4-9(5-3-8)20(11,16)17/h2-5,7H,6H2,1H3,(H2,11,16,17). The van der Waals surface area contributed by atoms with Gasteiger partial charge in [0, 0.05) is 0 Å². The van der Waals surface area contributed by atoms with Gasteiger partial charge in [-0.1, -0.05) is 0 Å². The highest BCUT2D eigenvalue weighted by molar-refractivity contribution is 7.89. The summed E-state index contributed by atoms with van der Waals surface area (Å²) < 4.78 is 26.8. The van der Waals surface area contributed by atoms with Crippen molar-refractivity contribution in [3.63, 3.8) is 0 Å². The number of rotatable bonds is 6. The molecule has 0 aliphatic rings. The molecule has 1 rings (SSSR count). The van der Waals surface area contributed by atoms with Gasteiger partial charge in [0.25, 0.3) is 5.09 Å². The maximum atomic E-state index is 11.6. The van der Waals surface area contributed by atoms with E-state index >= 15 is 0 Å². The van der Waals surface area contributed by atoms with E-state index in [1.54, 1.807) is 0 Å². The number of primary sulfonamides is 1. The van der Waals surface area contributed by atoms with Gasteiger partial charge >= 0.3 is 5.97 Å². The van der Waals surface area contributed by atoms with Gasteiger partial charge in [-0.15, -0.1) is 10.1 Å². The van der Waals surface area contributed by atoms with E-state index in [4.69, 9.17) is 9.88 Å². The predicted octanol–water partition coefficient (Wildman–Crippen LogP) is 0.0876. The number of benzene rings is 1. The van der Waals surface area contributed by atoms with Gasteiger partial charge < -0.3 is 9.57 Å². The first-order chi connectivity index (χ1) is 9.20. The Morgan fingerprint density at radius 3 is 2.40 bits per heavy atom. The monoisotopic (exact) mass is 304 g/mol. The fourth-order valence-corrected chi connectivity index (χ4v) is 1.75. The Bertz CT molecular complexity index is 597. The number of nitrogens with zero attached hydrogens (tertiary/aromatic N) is 1. The molecule has 0 saturated carbocycles. The molecule has 1 atom stereocenters. The van der Waals surface area contributed by atoms with Gasteiger partial charge in [-0.05, 0) is 31.2 Å². The van der Waals surface area contributed by atoms with E-state index in [1.165, 1.54) is 19.1 Å². The summed E-state index contributed by atoms with van der Waals surface area (Å²) in [4.78, 5) is 25.6. The summed E-state index contributed by atoms with van der Waals surface area (Å²) in [5.74, 6) is -0.759. The molecule has 0 amide bonds. The van der Waals surface area contributed by atoms with Crippen molar-refractivity contribution >= 4 is 16.0 Å². The maximum Gasteiger partial charge on any atom is 0.338 e. The Labute approximate surface area is 114 Å². The Balaban J connectivity index is 2.63. The zero-order valence-corrected chi connectivity index (χ0v) is 11.2. The second-order valence-corrected chi connectivity index (χ2v) is 5.37. The van der Waals surface area contributed by atoms with Gasteiger partial charge in [0.15, 0.2) is 0 Å². The smallest absolute Gasteiger partial charge is 0.338 e. The lowest BCUT2D eigenvalue weighted by Crippen LogP contribution is -2.21. The average molecular weight is 304 g/mol. The second-order valence-electron chi connectivity index (χ2n) is 3.81. The summed E-state index contributed by atoms with van der Waals surface area (Å²) >= 11 is 0. The van der Waals surface area contributed by atoms with Crippen molar-refractivity contribution in [1.82, 2.24) is 0 Å². The minimum atomic E-state index is -3.83. The van der Waals surface area contributed by atoms with Crippen LogP contribution in [0.5, 0.6) is 0 Å². The van der Waals surface area contributed by atoms with Gasteiger partial charge in [0.1, 0.15) is 12.7 Å². The normalized spacial score (nSPS) is 12.5. The van der Waals surface area contributed by atoms with Gasteiger partial charge in [-0.25, -0.2) is 18.4 Å². The molecule has 0 heterocycles. The minimum absolute atomic E-state index is 0.0886. The highest BCUT2D eigenvalue weighted by Crippen LogP contribution is 2.10. The van der Waals surface area contributed by atoms with Crippen LogP contribution in [0.25, 0.3) is 0 Å². The summed E-state index contributed by atoms with van der Waals surface area (Å²) in [6.07, 6.45) is -0.905.